The van der Waals surface area contributed by atoms with E-state index in [0.29, 0.717) is 6.61 Å². The van der Waals surface area contributed by atoms with E-state index in [9.17, 15) is 29.7 Å². The van der Waals surface area contributed by atoms with Gasteiger partial charge in [0.05, 0.1) is 0 Å². The van der Waals surface area contributed by atoms with Crippen molar-refractivity contribution in [2.45, 2.75) is 61.3 Å². The van der Waals surface area contributed by atoms with Crippen LogP contribution in [0.4, 0.5) is 0 Å². The van der Waals surface area contributed by atoms with Crippen molar-refractivity contribution in [3.8, 4) is 0 Å². The SMILES string of the molecule is CC(=O)/C=C(/C)[O-].CC(=O)/C=C(/C)[O-].CC(=O)/C=C(/C)[O-].CCCCO.[Zr+3]. The number of unbranched alkanes of at least 4 members (excludes halogenated alkanes) is 1. The number of allylic oxidation sites excluding steroid dienone is 6. The second kappa shape index (κ2) is 26.7. The Bertz CT molecular complexity index is 412. The zero-order valence-corrected chi connectivity index (χ0v) is 19.7. The quantitative estimate of drug-likeness (QED) is 0.457. The molecule has 0 unspecified atom stereocenters. The number of hydrogen-bond donors (Lipinski definition) is 1. The largest absolute Gasteiger partial charge is 3.00 e. The molecule has 0 bridgehead atoms. The van der Waals surface area contributed by atoms with Crippen LogP contribution in [0, 0.1) is 0 Å². The smallest absolute Gasteiger partial charge is 0.876 e. The van der Waals surface area contributed by atoms with Gasteiger partial charge in [0.2, 0.25) is 0 Å². The zero-order chi connectivity index (χ0) is 21.7. The van der Waals surface area contributed by atoms with E-state index in [0.717, 1.165) is 31.1 Å². The van der Waals surface area contributed by atoms with E-state index in [1.165, 1.54) is 41.5 Å². The van der Waals surface area contributed by atoms with Crippen molar-refractivity contribution < 1.29 is 61.0 Å². The summed E-state index contributed by atoms with van der Waals surface area (Å²) in [5.74, 6) is -1.12. The van der Waals surface area contributed by atoms with Crippen LogP contribution in [0.1, 0.15) is 61.3 Å². The Labute approximate surface area is 181 Å². The molecule has 0 heterocycles. The van der Waals surface area contributed by atoms with Crippen LogP contribution in [-0.2, 0) is 40.6 Å². The fourth-order valence-electron chi connectivity index (χ4n) is 1.02. The number of carbonyl (C=O) groups is 3. The van der Waals surface area contributed by atoms with E-state index in [2.05, 4.69) is 6.92 Å². The van der Waals surface area contributed by atoms with E-state index in [-0.39, 0.29) is 60.8 Å². The molecular weight excluding hydrogens is 431 g/mol. The fraction of sp³-hybridized carbons (Fsp3) is 0.526. The van der Waals surface area contributed by atoms with Gasteiger partial charge in [-0.3, -0.25) is 14.4 Å². The van der Waals surface area contributed by atoms with Crippen molar-refractivity contribution in [3.63, 3.8) is 0 Å². The Kier molecular flexibility index (Phi) is 36.0. The molecule has 0 aromatic rings. The predicted octanol–water partition coefficient (Wildman–Crippen LogP) is 0.295. The average Bonchev–Trinajstić information content (AvgIpc) is 2.36. The van der Waals surface area contributed by atoms with Crippen LogP contribution in [0.2, 0.25) is 0 Å². The van der Waals surface area contributed by atoms with E-state index in [1.54, 1.807) is 0 Å². The molecule has 0 aliphatic rings. The summed E-state index contributed by atoms with van der Waals surface area (Å²) in [5.41, 5.74) is 0. The molecule has 7 nitrogen and oxygen atoms in total. The molecule has 0 atom stereocenters. The maximum atomic E-state index is 9.98. The molecule has 0 aromatic carbocycles. The van der Waals surface area contributed by atoms with Crippen LogP contribution in [-0.4, -0.2) is 29.1 Å². The molecule has 0 aliphatic heterocycles. The minimum absolute atomic E-state index is 0. The van der Waals surface area contributed by atoms with E-state index < -0.39 is 0 Å². The van der Waals surface area contributed by atoms with Gasteiger partial charge in [-0.05, 0) is 45.4 Å². The number of hydrogen-bond acceptors (Lipinski definition) is 7. The molecule has 1 N–H and O–H groups in total. The Balaban J connectivity index is -0.0000000793. The zero-order valence-electron chi connectivity index (χ0n) is 17.3. The summed E-state index contributed by atoms with van der Waals surface area (Å²) in [6.45, 7) is 10.5. The van der Waals surface area contributed by atoms with Crippen molar-refractivity contribution in [2.75, 3.05) is 6.61 Å². The number of rotatable bonds is 5. The normalized spacial score (nSPS) is 10.4. The first kappa shape index (κ1) is 36.4. The summed E-state index contributed by atoms with van der Waals surface area (Å²) in [6.07, 6.45) is 5.20. The molecule has 0 rings (SSSR count). The van der Waals surface area contributed by atoms with Crippen molar-refractivity contribution in [2.24, 2.45) is 0 Å². The first-order chi connectivity index (χ1) is 11.8. The van der Waals surface area contributed by atoms with Gasteiger partial charge in [0.25, 0.3) is 0 Å². The van der Waals surface area contributed by atoms with Gasteiger partial charge < -0.3 is 20.4 Å². The Morgan fingerprint density at radius 1 is 0.704 bits per heavy atom. The minimum Gasteiger partial charge on any atom is -0.876 e. The molecule has 27 heavy (non-hydrogen) atoms. The Morgan fingerprint density at radius 2 is 0.926 bits per heavy atom. The van der Waals surface area contributed by atoms with Gasteiger partial charge in [-0.1, -0.05) is 34.1 Å². The van der Waals surface area contributed by atoms with Crippen LogP contribution >= 0.6 is 0 Å². The number of carbonyl (C=O) groups excluding carboxylic acids is 3. The van der Waals surface area contributed by atoms with Gasteiger partial charge >= 0.3 is 26.2 Å². The molecule has 0 aliphatic carbocycles. The van der Waals surface area contributed by atoms with Crippen molar-refractivity contribution in [3.05, 3.63) is 35.5 Å². The van der Waals surface area contributed by atoms with Crippen molar-refractivity contribution in [1.29, 1.82) is 0 Å². The predicted molar refractivity (Wildman–Crippen MR) is 95.3 cm³/mol. The molecule has 0 spiro atoms. The number of aliphatic hydroxyl groups excluding tert-OH is 1. The van der Waals surface area contributed by atoms with Gasteiger partial charge in [0.1, 0.15) is 0 Å². The molecule has 0 saturated heterocycles. The molecule has 0 saturated carbocycles. The van der Waals surface area contributed by atoms with Crippen LogP contribution in [0.15, 0.2) is 35.5 Å². The van der Waals surface area contributed by atoms with Gasteiger partial charge in [0, 0.05) is 6.61 Å². The van der Waals surface area contributed by atoms with Gasteiger partial charge in [-0.25, -0.2) is 0 Å². The summed E-state index contributed by atoms with van der Waals surface area (Å²) >= 11 is 0. The Morgan fingerprint density at radius 3 is 0.926 bits per heavy atom. The number of ketones is 3. The van der Waals surface area contributed by atoms with E-state index in [1.807, 2.05) is 0 Å². The van der Waals surface area contributed by atoms with Crippen LogP contribution < -0.4 is 15.3 Å². The summed E-state index contributed by atoms with van der Waals surface area (Å²) in [5, 5.41) is 38.0. The van der Waals surface area contributed by atoms with Crippen LogP contribution in [0.3, 0.4) is 0 Å². The van der Waals surface area contributed by atoms with Gasteiger partial charge in [0.15, 0.2) is 17.3 Å². The average molecular weight is 463 g/mol. The summed E-state index contributed by atoms with van der Waals surface area (Å²) < 4.78 is 0. The van der Waals surface area contributed by atoms with Crippen LogP contribution in [0.5, 0.6) is 0 Å². The fourth-order valence-corrected chi connectivity index (χ4v) is 1.02. The standard InChI is InChI=1S/3C5H8O2.C4H10O.Zr/c3*1-4(6)3-5(2)7;1-2-3-4-5;/h3*3,6H,1-2H3;5H,2-4H2,1H3;/q;;;;+3/p-3/b3*4-3-;;. The third-order valence-electron chi connectivity index (χ3n) is 1.73. The third-order valence-corrected chi connectivity index (χ3v) is 1.73. The van der Waals surface area contributed by atoms with Gasteiger partial charge in [-0.2, -0.15) is 0 Å². The van der Waals surface area contributed by atoms with Crippen molar-refractivity contribution in [1.82, 2.24) is 0 Å². The summed E-state index contributed by atoms with van der Waals surface area (Å²) in [7, 11) is 0. The van der Waals surface area contributed by atoms with Gasteiger partial charge in [-0.15, -0.1) is 17.3 Å². The topological polar surface area (TPSA) is 141 Å². The monoisotopic (exact) mass is 461 g/mol. The molecule has 8 heteroatoms. The summed E-state index contributed by atoms with van der Waals surface area (Å²) in [4.78, 5) is 29.9. The first-order valence-electron chi connectivity index (χ1n) is 7.98. The van der Waals surface area contributed by atoms with Crippen molar-refractivity contribution >= 4 is 17.3 Å². The molecular formula is C19H31O7Zr. The van der Waals surface area contributed by atoms with Crippen LogP contribution in [0.25, 0.3) is 0 Å². The first-order valence-corrected chi connectivity index (χ1v) is 7.98. The van der Waals surface area contributed by atoms with E-state index in [4.69, 9.17) is 5.11 Å². The molecule has 0 fully saturated rings. The maximum Gasteiger partial charge on any atom is 3.00 e. The van der Waals surface area contributed by atoms with E-state index >= 15 is 0 Å². The second-order valence-electron chi connectivity index (χ2n) is 5.17. The summed E-state index contributed by atoms with van der Waals surface area (Å²) in [6, 6.07) is 0. The molecule has 0 aromatic heterocycles. The molecule has 0 amide bonds. The number of aliphatic hydroxyl groups is 1. The minimum atomic E-state index is -0.187. The second-order valence-corrected chi connectivity index (χ2v) is 5.17. The molecule has 153 valence electrons. The third kappa shape index (κ3) is 79.4. The maximum absolute atomic E-state index is 9.98. The molecule has 1 radical (unpaired) electrons. The Hall–Kier alpha value is -1.53.